The van der Waals surface area contributed by atoms with Gasteiger partial charge in [-0.3, -0.25) is 0 Å². The highest BCUT2D eigenvalue weighted by Crippen LogP contribution is 2.20. The number of unbranched alkanes of at least 4 members (excludes halogenated alkanes) is 12. The zero-order valence-corrected chi connectivity index (χ0v) is 16.3. The Morgan fingerprint density at radius 2 is 1.43 bits per heavy atom. The maximum Gasteiger partial charge on any atom is 0.0945 e. The molecule has 2 heteroatoms. The number of anilines is 1. The summed E-state index contributed by atoms with van der Waals surface area (Å²) in [6, 6.07) is 4.27. The summed E-state index contributed by atoms with van der Waals surface area (Å²) < 4.78 is 0. The molecule has 1 heterocycles. The lowest BCUT2D eigenvalue weighted by Crippen LogP contribution is -2.05. The van der Waals surface area contributed by atoms with Crippen molar-refractivity contribution in [1.82, 2.24) is 0 Å². The molecule has 0 radical (unpaired) electrons. The van der Waals surface area contributed by atoms with E-state index in [1.165, 1.54) is 88.5 Å². The molecule has 0 amide bonds. The van der Waals surface area contributed by atoms with Gasteiger partial charge in [0.1, 0.15) is 0 Å². The van der Waals surface area contributed by atoms with Gasteiger partial charge in [-0.15, -0.1) is 11.3 Å². The predicted octanol–water partition coefficient (Wildman–Crippen LogP) is 7.79. The van der Waals surface area contributed by atoms with Crippen molar-refractivity contribution in [3.8, 4) is 0 Å². The molecular weight excluding hydrogens is 298 g/mol. The normalized spacial score (nSPS) is 11.4. The van der Waals surface area contributed by atoms with Gasteiger partial charge in [-0.1, -0.05) is 83.6 Å². The molecule has 0 saturated heterocycles. The Kier molecular flexibility index (Phi) is 13.1. The maximum absolute atomic E-state index is 2.32. The molecule has 0 bridgehead atoms. The number of hydrogen-bond acceptors (Lipinski definition) is 2. The molecule has 132 valence electrons. The first-order valence-electron chi connectivity index (χ1n) is 9.77. The Hall–Kier alpha value is -0.760. The van der Waals surface area contributed by atoms with E-state index in [0.29, 0.717) is 0 Å². The van der Waals surface area contributed by atoms with Gasteiger partial charge in [0.05, 0.1) is 5.00 Å². The average molecular weight is 336 g/mol. The van der Waals surface area contributed by atoms with E-state index in [4.69, 9.17) is 0 Å². The molecule has 0 N–H and O–H groups in total. The van der Waals surface area contributed by atoms with Gasteiger partial charge >= 0.3 is 0 Å². The van der Waals surface area contributed by atoms with E-state index in [0.717, 1.165) is 0 Å². The van der Waals surface area contributed by atoms with E-state index in [-0.39, 0.29) is 0 Å². The Bertz CT molecular complexity index is 369. The molecule has 0 fully saturated rings. The topological polar surface area (TPSA) is 3.24 Å². The lowest BCUT2D eigenvalue weighted by atomic mass is 10.0. The molecule has 0 spiro atoms. The SMILES string of the molecule is CCCCCCCCCCCCCC/C=C/N(C)c1cccs1. The molecule has 0 saturated carbocycles. The first kappa shape index (κ1) is 20.3. The Balaban J connectivity index is 1.81. The van der Waals surface area contributed by atoms with E-state index in [2.05, 4.69) is 48.7 Å². The molecule has 23 heavy (non-hydrogen) atoms. The van der Waals surface area contributed by atoms with Crippen molar-refractivity contribution in [2.45, 2.75) is 90.4 Å². The van der Waals surface area contributed by atoms with Gasteiger partial charge < -0.3 is 4.90 Å². The van der Waals surface area contributed by atoms with Crippen molar-refractivity contribution in [2.75, 3.05) is 11.9 Å². The first-order chi connectivity index (χ1) is 11.3. The van der Waals surface area contributed by atoms with Crippen LogP contribution in [-0.4, -0.2) is 7.05 Å². The minimum Gasteiger partial charge on any atom is -0.343 e. The molecule has 1 aromatic heterocycles. The van der Waals surface area contributed by atoms with Crippen LogP contribution >= 0.6 is 11.3 Å². The van der Waals surface area contributed by atoms with Gasteiger partial charge in [0.2, 0.25) is 0 Å². The van der Waals surface area contributed by atoms with E-state index in [9.17, 15) is 0 Å². The minimum atomic E-state index is 1.22. The number of hydrogen-bond donors (Lipinski definition) is 0. The van der Waals surface area contributed by atoms with Crippen molar-refractivity contribution < 1.29 is 0 Å². The van der Waals surface area contributed by atoms with Crippen LogP contribution in [0.15, 0.2) is 29.8 Å². The predicted molar refractivity (Wildman–Crippen MR) is 108 cm³/mol. The zero-order valence-electron chi connectivity index (χ0n) is 15.4. The number of allylic oxidation sites excluding steroid dienone is 1. The Morgan fingerprint density at radius 3 is 1.96 bits per heavy atom. The molecule has 1 nitrogen and oxygen atoms in total. The van der Waals surface area contributed by atoms with Crippen molar-refractivity contribution in [3.05, 3.63) is 29.8 Å². The van der Waals surface area contributed by atoms with Gasteiger partial charge in [-0.25, -0.2) is 0 Å². The van der Waals surface area contributed by atoms with E-state index in [1.807, 2.05) is 0 Å². The summed E-state index contributed by atoms with van der Waals surface area (Å²) in [5, 5.41) is 3.45. The highest BCUT2D eigenvalue weighted by atomic mass is 32.1. The molecule has 0 aliphatic heterocycles. The van der Waals surface area contributed by atoms with Crippen molar-refractivity contribution in [2.24, 2.45) is 0 Å². The standard InChI is InChI=1S/C21H37NS/c1-3-4-5-6-7-8-9-10-11-12-13-14-15-16-19-22(2)21-18-17-20-23-21/h16-20H,3-15H2,1-2H3/b19-16+. The van der Waals surface area contributed by atoms with E-state index < -0.39 is 0 Å². The van der Waals surface area contributed by atoms with Crippen LogP contribution in [0.2, 0.25) is 0 Å². The third-order valence-electron chi connectivity index (χ3n) is 4.41. The fourth-order valence-corrected chi connectivity index (χ4v) is 3.56. The fraction of sp³-hybridized carbons (Fsp3) is 0.714. The third kappa shape index (κ3) is 11.4. The monoisotopic (exact) mass is 335 g/mol. The largest absolute Gasteiger partial charge is 0.343 e. The molecular formula is C21H37NS. The maximum atomic E-state index is 2.32. The lowest BCUT2D eigenvalue weighted by molar-refractivity contribution is 0.545. The van der Waals surface area contributed by atoms with Crippen LogP contribution in [0.4, 0.5) is 5.00 Å². The summed E-state index contributed by atoms with van der Waals surface area (Å²) in [5.74, 6) is 0. The number of nitrogens with zero attached hydrogens (tertiary/aromatic N) is 1. The lowest BCUT2D eigenvalue weighted by Gasteiger charge is -2.10. The van der Waals surface area contributed by atoms with Gasteiger partial charge in [-0.05, 0) is 30.4 Å². The van der Waals surface area contributed by atoms with Gasteiger partial charge in [-0.2, -0.15) is 0 Å². The fourth-order valence-electron chi connectivity index (χ4n) is 2.88. The smallest absolute Gasteiger partial charge is 0.0945 e. The molecule has 0 aliphatic rings. The summed E-state index contributed by atoms with van der Waals surface area (Å²) in [4.78, 5) is 2.21. The van der Waals surface area contributed by atoms with Gasteiger partial charge in [0.25, 0.3) is 0 Å². The summed E-state index contributed by atoms with van der Waals surface area (Å²) in [6.07, 6.45) is 22.9. The number of thiophene rings is 1. The van der Waals surface area contributed by atoms with Crippen LogP contribution in [0.1, 0.15) is 90.4 Å². The molecule has 0 aliphatic carbocycles. The average Bonchev–Trinajstić information content (AvgIpc) is 3.09. The second-order valence-electron chi connectivity index (χ2n) is 6.62. The van der Waals surface area contributed by atoms with Crippen LogP contribution in [-0.2, 0) is 0 Å². The highest BCUT2D eigenvalue weighted by molar-refractivity contribution is 7.14. The molecule has 0 atom stereocenters. The van der Waals surface area contributed by atoms with E-state index >= 15 is 0 Å². The van der Waals surface area contributed by atoms with Crippen LogP contribution in [0.25, 0.3) is 0 Å². The summed E-state index contributed by atoms with van der Waals surface area (Å²) in [6.45, 7) is 2.29. The van der Waals surface area contributed by atoms with Crippen LogP contribution in [0, 0.1) is 0 Å². The molecule has 1 aromatic rings. The first-order valence-corrected chi connectivity index (χ1v) is 10.7. The Labute approximate surface area is 148 Å². The van der Waals surface area contributed by atoms with Crippen LogP contribution in [0.3, 0.4) is 0 Å². The molecule has 0 aromatic carbocycles. The number of rotatable bonds is 15. The van der Waals surface area contributed by atoms with Crippen molar-refractivity contribution in [3.63, 3.8) is 0 Å². The minimum absolute atomic E-state index is 1.22. The van der Waals surface area contributed by atoms with Gasteiger partial charge in [0, 0.05) is 13.2 Å². The Morgan fingerprint density at radius 1 is 0.870 bits per heavy atom. The summed E-state index contributed by atoms with van der Waals surface area (Å²) in [5.41, 5.74) is 0. The van der Waals surface area contributed by atoms with Crippen LogP contribution in [0.5, 0.6) is 0 Å². The van der Waals surface area contributed by atoms with Gasteiger partial charge in [0.15, 0.2) is 0 Å². The third-order valence-corrected chi connectivity index (χ3v) is 5.37. The summed E-state index contributed by atoms with van der Waals surface area (Å²) >= 11 is 1.79. The molecule has 0 unspecified atom stereocenters. The second kappa shape index (κ2) is 14.8. The second-order valence-corrected chi connectivity index (χ2v) is 7.55. The quantitative estimate of drug-likeness (QED) is 0.296. The molecule has 1 rings (SSSR count). The summed E-state index contributed by atoms with van der Waals surface area (Å²) in [7, 11) is 2.13. The highest BCUT2D eigenvalue weighted by Gasteiger charge is 1.96. The zero-order chi connectivity index (χ0) is 16.6. The van der Waals surface area contributed by atoms with Crippen molar-refractivity contribution >= 4 is 16.3 Å². The van der Waals surface area contributed by atoms with Crippen LogP contribution < -0.4 is 4.90 Å². The van der Waals surface area contributed by atoms with E-state index in [1.54, 1.807) is 11.3 Å². The van der Waals surface area contributed by atoms with Crippen molar-refractivity contribution in [1.29, 1.82) is 0 Å².